The number of rotatable bonds is 4. The van der Waals surface area contributed by atoms with Gasteiger partial charge in [0.25, 0.3) is 0 Å². The number of benzene rings is 1. The molecule has 1 heterocycles. The highest BCUT2D eigenvalue weighted by molar-refractivity contribution is 5.70. The van der Waals surface area contributed by atoms with Crippen LogP contribution in [0.15, 0.2) is 18.2 Å². The first kappa shape index (κ1) is 12.9. The molecule has 0 amide bonds. The Morgan fingerprint density at radius 2 is 2.22 bits per heavy atom. The lowest BCUT2D eigenvalue weighted by molar-refractivity contribution is -0.143. The number of carboxylic acid groups (broad SMARTS) is 1. The number of aryl methyl sites for hydroxylation is 1. The van der Waals surface area contributed by atoms with Gasteiger partial charge in [0.1, 0.15) is 0 Å². The van der Waals surface area contributed by atoms with Crippen molar-refractivity contribution in [3.05, 3.63) is 29.3 Å². The first-order valence-electron chi connectivity index (χ1n) is 6.66. The van der Waals surface area contributed by atoms with Crippen LogP contribution in [0.3, 0.4) is 0 Å². The van der Waals surface area contributed by atoms with Crippen LogP contribution < -0.4 is 5.32 Å². The molecule has 18 heavy (non-hydrogen) atoms. The quantitative estimate of drug-likeness (QED) is 0.860. The second-order valence-corrected chi connectivity index (χ2v) is 5.41. The zero-order valence-electron chi connectivity index (χ0n) is 11.1. The van der Waals surface area contributed by atoms with Crippen molar-refractivity contribution >= 4 is 11.7 Å². The maximum absolute atomic E-state index is 11.2. The highest BCUT2D eigenvalue weighted by atomic mass is 16.4. The fraction of sp³-hybridized carbons (Fsp3) is 0.533. The van der Waals surface area contributed by atoms with E-state index in [1.807, 2.05) is 13.8 Å². The van der Waals surface area contributed by atoms with E-state index < -0.39 is 5.97 Å². The lowest BCUT2D eigenvalue weighted by Crippen LogP contribution is -2.22. The van der Waals surface area contributed by atoms with Gasteiger partial charge >= 0.3 is 5.97 Å². The van der Waals surface area contributed by atoms with Crippen molar-refractivity contribution < 1.29 is 9.90 Å². The Balaban J connectivity index is 2.16. The second-order valence-electron chi connectivity index (χ2n) is 5.41. The Kier molecular flexibility index (Phi) is 3.90. The predicted molar refractivity (Wildman–Crippen MR) is 72.9 cm³/mol. The molecule has 1 aliphatic rings. The number of carbonyl (C=O) groups is 1. The van der Waals surface area contributed by atoms with Crippen LogP contribution in [0.25, 0.3) is 0 Å². The minimum atomic E-state index is -0.694. The van der Waals surface area contributed by atoms with Gasteiger partial charge in [-0.3, -0.25) is 4.79 Å². The molecule has 2 N–H and O–H groups in total. The Morgan fingerprint density at radius 1 is 1.44 bits per heavy atom. The highest BCUT2D eigenvalue weighted by Gasteiger charge is 2.22. The van der Waals surface area contributed by atoms with Gasteiger partial charge in [-0.25, -0.2) is 0 Å². The summed E-state index contributed by atoms with van der Waals surface area (Å²) in [5.41, 5.74) is 3.67. The van der Waals surface area contributed by atoms with Crippen molar-refractivity contribution in [3.8, 4) is 0 Å². The molecule has 3 nitrogen and oxygen atoms in total. The average molecular weight is 247 g/mol. The van der Waals surface area contributed by atoms with E-state index in [0.29, 0.717) is 6.42 Å². The molecule has 1 aromatic rings. The Bertz CT molecular complexity index is 440. The van der Waals surface area contributed by atoms with Crippen LogP contribution in [0, 0.1) is 11.8 Å². The number of anilines is 1. The highest BCUT2D eigenvalue weighted by Crippen LogP contribution is 2.25. The summed E-state index contributed by atoms with van der Waals surface area (Å²) >= 11 is 0. The lowest BCUT2D eigenvalue weighted by atomic mass is 9.88. The molecule has 0 fully saturated rings. The third-order valence-corrected chi connectivity index (χ3v) is 3.69. The zero-order valence-corrected chi connectivity index (χ0v) is 11.1. The van der Waals surface area contributed by atoms with Gasteiger partial charge in [0.05, 0.1) is 5.92 Å². The molecule has 1 atom stereocenters. The fourth-order valence-corrected chi connectivity index (χ4v) is 2.52. The Hall–Kier alpha value is -1.51. The second kappa shape index (κ2) is 5.42. The summed E-state index contributed by atoms with van der Waals surface area (Å²) in [5.74, 6) is -0.822. The number of nitrogens with one attached hydrogen (secondary N) is 1. The van der Waals surface area contributed by atoms with Crippen molar-refractivity contribution in [2.45, 2.75) is 33.1 Å². The van der Waals surface area contributed by atoms with Gasteiger partial charge in [-0.2, -0.15) is 0 Å². The number of carboxylic acids is 1. The molecule has 98 valence electrons. The van der Waals surface area contributed by atoms with Crippen LogP contribution in [0.2, 0.25) is 0 Å². The third kappa shape index (κ3) is 2.84. The molecule has 1 aliphatic heterocycles. The lowest BCUT2D eigenvalue weighted by Gasteiger charge is -2.20. The van der Waals surface area contributed by atoms with Crippen LogP contribution in [-0.4, -0.2) is 17.6 Å². The van der Waals surface area contributed by atoms with Gasteiger partial charge in [-0.05, 0) is 42.4 Å². The van der Waals surface area contributed by atoms with Crippen LogP contribution in [-0.2, 0) is 17.6 Å². The van der Waals surface area contributed by atoms with Crippen molar-refractivity contribution in [2.75, 3.05) is 11.9 Å². The standard InChI is InChI=1S/C15H21NO2/c1-10(2)13(15(17)18)9-11-5-6-14-12(8-11)4-3-7-16-14/h5-6,8,10,13,16H,3-4,7,9H2,1-2H3,(H,17,18). The van der Waals surface area contributed by atoms with E-state index in [1.54, 1.807) is 0 Å². The van der Waals surface area contributed by atoms with Crippen molar-refractivity contribution in [2.24, 2.45) is 11.8 Å². The van der Waals surface area contributed by atoms with Gasteiger partial charge < -0.3 is 10.4 Å². The summed E-state index contributed by atoms with van der Waals surface area (Å²) in [7, 11) is 0. The van der Waals surface area contributed by atoms with Gasteiger partial charge in [0.2, 0.25) is 0 Å². The SMILES string of the molecule is CC(C)C(Cc1ccc2c(c1)CCCN2)C(=O)O. The van der Waals surface area contributed by atoms with E-state index in [1.165, 1.54) is 11.3 Å². The third-order valence-electron chi connectivity index (χ3n) is 3.69. The van der Waals surface area contributed by atoms with Crippen LogP contribution >= 0.6 is 0 Å². The Labute approximate surface area is 108 Å². The molecule has 1 aromatic carbocycles. The number of aliphatic carboxylic acids is 1. The minimum absolute atomic E-state index is 0.164. The van der Waals surface area contributed by atoms with Crippen LogP contribution in [0.1, 0.15) is 31.4 Å². The molecule has 2 rings (SSSR count). The fourth-order valence-electron chi connectivity index (χ4n) is 2.52. The summed E-state index contributed by atoms with van der Waals surface area (Å²) in [6.07, 6.45) is 2.87. The molecular weight excluding hydrogens is 226 g/mol. The van der Waals surface area contributed by atoms with E-state index in [9.17, 15) is 9.90 Å². The molecular formula is C15H21NO2. The zero-order chi connectivity index (χ0) is 13.1. The maximum Gasteiger partial charge on any atom is 0.307 e. The van der Waals surface area contributed by atoms with Crippen LogP contribution in [0.5, 0.6) is 0 Å². The van der Waals surface area contributed by atoms with E-state index in [0.717, 1.165) is 24.9 Å². The van der Waals surface area contributed by atoms with Crippen molar-refractivity contribution in [1.82, 2.24) is 0 Å². The van der Waals surface area contributed by atoms with Crippen LogP contribution in [0.4, 0.5) is 5.69 Å². The molecule has 0 spiro atoms. The van der Waals surface area contributed by atoms with Crippen molar-refractivity contribution in [3.63, 3.8) is 0 Å². The molecule has 1 unspecified atom stereocenters. The average Bonchev–Trinajstić information content (AvgIpc) is 2.35. The smallest absolute Gasteiger partial charge is 0.307 e. The van der Waals surface area contributed by atoms with E-state index in [4.69, 9.17) is 0 Å². The summed E-state index contributed by atoms with van der Waals surface area (Å²) in [5, 5.41) is 12.6. The van der Waals surface area contributed by atoms with Gasteiger partial charge in [-0.15, -0.1) is 0 Å². The van der Waals surface area contributed by atoms with E-state index in [-0.39, 0.29) is 11.8 Å². The number of fused-ring (bicyclic) bond motifs is 1. The molecule has 0 aliphatic carbocycles. The maximum atomic E-state index is 11.2. The van der Waals surface area contributed by atoms with E-state index in [2.05, 4.69) is 23.5 Å². The summed E-state index contributed by atoms with van der Waals surface area (Å²) in [6.45, 7) is 4.98. The summed E-state index contributed by atoms with van der Waals surface area (Å²) in [6, 6.07) is 6.30. The van der Waals surface area contributed by atoms with Crippen molar-refractivity contribution in [1.29, 1.82) is 0 Å². The Morgan fingerprint density at radius 3 is 2.89 bits per heavy atom. The normalized spacial score (nSPS) is 15.9. The first-order chi connectivity index (χ1) is 8.58. The minimum Gasteiger partial charge on any atom is -0.481 e. The first-order valence-corrected chi connectivity index (χ1v) is 6.66. The summed E-state index contributed by atoms with van der Waals surface area (Å²) < 4.78 is 0. The van der Waals surface area contributed by atoms with Gasteiger partial charge in [-0.1, -0.05) is 26.0 Å². The molecule has 0 saturated carbocycles. The topological polar surface area (TPSA) is 49.3 Å². The molecule has 0 radical (unpaired) electrons. The number of hydrogen-bond acceptors (Lipinski definition) is 2. The largest absolute Gasteiger partial charge is 0.481 e. The van der Waals surface area contributed by atoms with Gasteiger partial charge in [0, 0.05) is 12.2 Å². The van der Waals surface area contributed by atoms with E-state index >= 15 is 0 Å². The molecule has 3 heteroatoms. The molecule has 0 aromatic heterocycles. The number of hydrogen-bond donors (Lipinski definition) is 2. The molecule has 0 saturated heterocycles. The predicted octanol–water partition coefficient (Wildman–Crippen LogP) is 2.94. The van der Waals surface area contributed by atoms with Gasteiger partial charge in [0.15, 0.2) is 0 Å². The summed E-state index contributed by atoms with van der Waals surface area (Å²) in [4.78, 5) is 11.2. The molecule has 0 bridgehead atoms. The monoisotopic (exact) mass is 247 g/mol.